The molecular formula is C33H52O2. The van der Waals surface area contributed by atoms with Gasteiger partial charge >= 0.3 is 0 Å². The first kappa shape index (κ1) is 29.3. The van der Waals surface area contributed by atoms with E-state index >= 15 is 0 Å². The number of rotatable bonds is 8. The molecule has 0 aliphatic heterocycles. The van der Waals surface area contributed by atoms with Gasteiger partial charge in [-0.2, -0.15) is 0 Å². The maximum Gasteiger partial charge on any atom is 0.122 e. The molecule has 196 valence electrons. The number of hydrogen-bond donors (Lipinski definition) is 2. The highest BCUT2D eigenvalue weighted by molar-refractivity contribution is 5.53. The monoisotopic (exact) mass is 480 g/mol. The molecule has 0 bridgehead atoms. The highest BCUT2D eigenvalue weighted by Gasteiger charge is 2.33. The molecule has 2 rings (SSSR count). The van der Waals surface area contributed by atoms with Gasteiger partial charge in [0, 0.05) is 17.5 Å². The van der Waals surface area contributed by atoms with E-state index in [-0.39, 0.29) is 21.7 Å². The van der Waals surface area contributed by atoms with Crippen molar-refractivity contribution in [1.82, 2.24) is 0 Å². The average Bonchev–Trinajstić information content (AvgIpc) is 2.66. The largest absolute Gasteiger partial charge is 0.507 e. The molecule has 0 spiro atoms. The third-order valence-electron chi connectivity index (χ3n) is 7.10. The second-order valence-corrected chi connectivity index (χ2v) is 14.4. The fourth-order valence-corrected chi connectivity index (χ4v) is 6.28. The summed E-state index contributed by atoms with van der Waals surface area (Å²) in [5, 5.41) is 23.0. The first-order valence-corrected chi connectivity index (χ1v) is 13.5. The summed E-state index contributed by atoms with van der Waals surface area (Å²) in [5.41, 5.74) is 6.30. The zero-order valence-corrected chi connectivity index (χ0v) is 24.7. The van der Waals surface area contributed by atoms with Crippen LogP contribution in [0.4, 0.5) is 0 Å². The van der Waals surface area contributed by atoms with E-state index in [1.807, 2.05) is 0 Å². The molecule has 35 heavy (non-hydrogen) atoms. The summed E-state index contributed by atoms with van der Waals surface area (Å²) in [5.74, 6) is 0.765. The summed E-state index contributed by atoms with van der Waals surface area (Å²) >= 11 is 0. The third-order valence-corrected chi connectivity index (χ3v) is 7.10. The van der Waals surface area contributed by atoms with Gasteiger partial charge in [-0.3, -0.25) is 0 Å². The van der Waals surface area contributed by atoms with Gasteiger partial charge in [-0.15, -0.1) is 0 Å². The van der Waals surface area contributed by atoms with E-state index in [0.29, 0.717) is 17.9 Å². The molecule has 0 saturated carbocycles. The summed E-state index contributed by atoms with van der Waals surface area (Å²) in [6, 6.07) is 8.63. The van der Waals surface area contributed by atoms with Crippen molar-refractivity contribution in [2.24, 2.45) is 10.8 Å². The highest BCUT2D eigenvalue weighted by Crippen LogP contribution is 2.45. The molecule has 0 saturated heterocycles. The maximum absolute atomic E-state index is 11.5. The standard InChI is InChI=1S/C33H52O2/c1-13-22-15-24(28(34)26(17-22)32(9,10)20-30(3,4)5)19-25-16-23(14-2)18-27(29(25)35)33(11,12)21-31(6,7)8/h15-18,34-35H,13-14,19-21H2,1-12H3. The van der Waals surface area contributed by atoms with E-state index in [4.69, 9.17) is 0 Å². The topological polar surface area (TPSA) is 40.5 Å². The number of aromatic hydroxyl groups is 2. The Morgan fingerprint density at radius 2 is 0.857 bits per heavy atom. The number of hydrogen-bond acceptors (Lipinski definition) is 2. The van der Waals surface area contributed by atoms with E-state index in [1.54, 1.807) is 0 Å². The Bertz CT molecular complexity index is 943. The molecule has 2 N–H and O–H groups in total. The number of aryl methyl sites for hydroxylation is 2. The Balaban J connectivity index is 2.65. The third kappa shape index (κ3) is 7.51. The Labute approximate surface area is 216 Å². The van der Waals surface area contributed by atoms with Crippen molar-refractivity contribution in [3.05, 3.63) is 57.6 Å². The lowest BCUT2D eigenvalue weighted by Gasteiger charge is -2.35. The molecule has 0 fully saturated rings. The van der Waals surface area contributed by atoms with E-state index in [0.717, 1.165) is 47.9 Å². The van der Waals surface area contributed by atoms with E-state index in [2.05, 4.69) is 107 Å². The smallest absolute Gasteiger partial charge is 0.122 e. The van der Waals surface area contributed by atoms with Crippen LogP contribution in [0.5, 0.6) is 11.5 Å². The molecule has 0 heterocycles. The molecule has 0 aromatic heterocycles. The lowest BCUT2D eigenvalue weighted by molar-refractivity contribution is 0.278. The van der Waals surface area contributed by atoms with Crippen molar-refractivity contribution in [1.29, 1.82) is 0 Å². The van der Waals surface area contributed by atoms with Crippen molar-refractivity contribution in [2.45, 2.75) is 126 Å². The Kier molecular flexibility index (Phi) is 8.52. The van der Waals surface area contributed by atoms with Gasteiger partial charge in [-0.05, 0) is 69.6 Å². The minimum absolute atomic E-state index is 0.152. The first-order valence-electron chi connectivity index (χ1n) is 13.5. The minimum Gasteiger partial charge on any atom is -0.507 e. The van der Waals surface area contributed by atoms with Crippen LogP contribution in [-0.4, -0.2) is 10.2 Å². The summed E-state index contributed by atoms with van der Waals surface area (Å²) in [7, 11) is 0. The number of phenolic OH excluding ortho intramolecular Hbond substituents is 2. The number of benzene rings is 2. The van der Waals surface area contributed by atoms with Crippen LogP contribution in [0.15, 0.2) is 24.3 Å². The van der Waals surface area contributed by atoms with Gasteiger partial charge in [0.15, 0.2) is 0 Å². The zero-order chi connectivity index (χ0) is 27.0. The molecule has 0 aliphatic rings. The second-order valence-electron chi connectivity index (χ2n) is 14.4. The summed E-state index contributed by atoms with van der Waals surface area (Å²) in [6.45, 7) is 26.8. The van der Waals surface area contributed by atoms with Gasteiger partial charge in [-0.1, -0.05) is 107 Å². The predicted octanol–water partition coefficient (Wildman–Crippen LogP) is 9.24. The van der Waals surface area contributed by atoms with Crippen molar-refractivity contribution < 1.29 is 10.2 Å². The molecule has 2 aromatic carbocycles. The Hall–Kier alpha value is -1.96. The van der Waals surface area contributed by atoms with Crippen LogP contribution in [0.25, 0.3) is 0 Å². The summed E-state index contributed by atoms with van der Waals surface area (Å²) in [4.78, 5) is 0. The van der Waals surface area contributed by atoms with Crippen LogP contribution >= 0.6 is 0 Å². The number of phenols is 2. The van der Waals surface area contributed by atoms with Gasteiger partial charge < -0.3 is 10.2 Å². The van der Waals surface area contributed by atoms with Crippen molar-refractivity contribution in [3.8, 4) is 11.5 Å². The van der Waals surface area contributed by atoms with Crippen LogP contribution in [0.2, 0.25) is 0 Å². The van der Waals surface area contributed by atoms with Crippen LogP contribution in [-0.2, 0) is 30.1 Å². The molecule has 0 radical (unpaired) electrons. The molecular weight excluding hydrogens is 428 g/mol. The summed E-state index contributed by atoms with van der Waals surface area (Å²) in [6.07, 6.45) is 4.30. The van der Waals surface area contributed by atoms with Gasteiger partial charge in [0.25, 0.3) is 0 Å². The van der Waals surface area contributed by atoms with Gasteiger partial charge in [0.1, 0.15) is 11.5 Å². The highest BCUT2D eigenvalue weighted by atomic mass is 16.3. The summed E-state index contributed by atoms with van der Waals surface area (Å²) < 4.78 is 0. The van der Waals surface area contributed by atoms with Crippen LogP contribution < -0.4 is 0 Å². The fourth-order valence-electron chi connectivity index (χ4n) is 6.28. The van der Waals surface area contributed by atoms with Gasteiger partial charge in [0.05, 0.1) is 0 Å². The van der Waals surface area contributed by atoms with Crippen LogP contribution in [0.1, 0.15) is 129 Å². The predicted molar refractivity (Wildman–Crippen MR) is 152 cm³/mol. The molecule has 2 aromatic rings. The Morgan fingerprint density at radius 3 is 1.11 bits per heavy atom. The fraction of sp³-hybridized carbons (Fsp3) is 0.636. The average molecular weight is 481 g/mol. The first-order chi connectivity index (χ1) is 15.8. The van der Waals surface area contributed by atoms with Gasteiger partial charge in [0.2, 0.25) is 0 Å². The molecule has 2 heteroatoms. The van der Waals surface area contributed by atoms with Crippen LogP contribution in [0.3, 0.4) is 0 Å². The zero-order valence-electron chi connectivity index (χ0n) is 24.7. The molecule has 0 atom stereocenters. The molecule has 0 amide bonds. The molecule has 2 nitrogen and oxygen atoms in total. The quantitative estimate of drug-likeness (QED) is 0.395. The van der Waals surface area contributed by atoms with E-state index in [1.165, 1.54) is 11.1 Å². The van der Waals surface area contributed by atoms with E-state index < -0.39 is 0 Å². The lowest BCUT2D eigenvalue weighted by Crippen LogP contribution is -2.25. The second kappa shape index (κ2) is 10.2. The van der Waals surface area contributed by atoms with E-state index in [9.17, 15) is 10.2 Å². The SMILES string of the molecule is CCc1cc(Cc2cc(CC)cc(C(C)(C)CC(C)(C)C)c2O)c(O)c(C(C)(C)CC(C)(C)C)c1. The van der Waals surface area contributed by atoms with Gasteiger partial charge in [-0.25, -0.2) is 0 Å². The normalized spacial score (nSPS) is 13.4. The Morgan fingerprint density at radius 1 is 0.543 bits per heavy atom. The molecule has 0 unspecified atom stereocenters. The van der Waals surface area contributed by atoms with Crippen molar-refractivity contribution in [3.63, 3.8) is 0 Å². The minimum atomic E-state index is -0.157. The lowest BCUT2D eigenvalue weighted by atomic mass is 9.70. The maximum atomic E-state index is 11.5. The van der Waals surface area contributed by atoms with Crippen LogP contribution in [0, 0.1) is 10.8 Å². The van der Waals surface area contributed by atoms with Crippen molar-refractivity contribution >= 4 is 0 Å². The molecule has 0 aliphatic carbocycles. The van der Waals surface area contributed by atoms with Crippen molar-refractivity contribution in [2.75, 3.05) is 0 Å².